The number of fused-ring (bicyclic) bond motifs is 2. The van der Waals surface area contributed by atoms with Crippen molar-refractivity contribution in [2.45, 2.75) is 25.0 Å². The highest BCUT2D eigenvalue weighted by Crippen LogP contribution is 2.41. The zero-order valence-electron chi connectivity index (χ0n) is 19.1. The first-order valence-corrected chi connectivity index (χ1v) is 11.7. The molecule has 4 aromatic rings. The van der Waals surface area contributed by atoms with Crippen molar-refractivity contribution in [1.82, 2.24) is 5.32 Å². The molecule has 0 aromatic heterocycles. The number of carboxylic acid groups (broad SMARTS) is 1. The highest BCUT2D eigenvalue weighted by atomic mass is 19.1. The van der Waals surface area contributed by atoms with Crippen LogP contribution in [0.25, 0.3) is 10.8 Å². The van der Waals surface area contributed by atoms with Gasteiger partial charge in [0.15, 0.2) is 18.2 Å². The summed E-state index contributed by atoms with van der Waals surface area (Å²) < 4.78 is 26.0. The van der Waals surface area contributed by atoms with Crippen molar-refractivity contribution in [1.29, 1.82) is 0 Å². The summed E-state index contributed by atoms with van der Waals surface area (Å²) in [7, 11) is 0. The highest BCUT2D eigenvalue weighted by molar-refractivity contribution is 5.85. The minimum Gasteiger partial charge on any atom is -0.489 e. The van der Waals surface area contributed by atoms with E-state index in [1.54, 1.807) is 6.07 Å². The number of nitrogens with one attached hydrogen (secondary N) is 1. The number of carboxylic acids is 1. The first-order chi connectivity index (χ1) is 17.1. The second kappa shape index (κ2) is 10.2. The fourth-order valence-corrected chi connectivity index (χ4v) is 4.74. The third kappa shape index (κ3) is 5.12. The van der Waals surface area contributed by atoms with Crippen molar-refractivity contribution in [2.24, 2.45) is 0 Å². The van der Waals surface area contributed by atoms with Crippen molar-refractivity contribution in [3.63, 3.8) is 0 Å². The van der Waals surface area contributed by atoms with Crippen molar-refractivity contribution in [3.8, 4) is 11.5 Å². The standard InChI is InChI=1S/C29H26FNO4/c30-26-14-20(12-13-28(26)34-18-29(32)33)25-15-22(35-27-11-4-3-10-24(25)27)17-31-16-21-8-5-7-19-6-1-2-9-23(19)21/h1-14,22,25,31H,15-18H2,(H,32,33). The Hall–Kier alpha value is -3.90. The van der Waals surface area contributed by atoms with E-state index in [0.717, 1.165) is 23.4 Å². The molecule has 0 fully saturated rings. The summed E-state index contributed by atoms with van der Waals surface area (Å²) in [6.07, 6.45) is 0.602. The number of ether oxygens (including phenoxy) is 2. The van der Waals surface area contributed by atoms with Crippen LogP contribution in [0.3, 0.4) is 0 Å². The molecule has 0 radical (unpaired) electrons. The number of hydrogen-bond donors (Lipinski definition) is 2. The molecule has 1 aliphatic rings. The summed E-state index contributed by atoms with van der Waals surface area (Å²) >= 11 is 0. The average molecular weight is 472 g/mol. The molecule has 35 heavy (non-hydrogen) atoms. The van der Waals surface area contributed by atoms with Gasteiger partial charge in [-0.25, -0.2) is 9.18 Å². The molecule has 1 aliphatic heterocycles. The Balaban J connectivity index is 1.31. The molecule has 0 spiro atoms. The fraction of sp³-hybridized carbons (Fsp3) is 0.207. The molecule has 0 saturated carbocycles. The largest absolute Gasteiger partial charge is 0.489 e. The summed E-state index contributed by atoms with van der Waals surface area (Å²) in [5.74, 6) is -1.03. The SMILES string of the molecule is O=C(O)COc1ccc(C2CC(CNCc3cccc4ccccc34)Oc3ccccc32)cc1F. The molecule has 6 heteroatoms. The van der Waals surface area contributed by atoms with E-state index in [9.17, 15) is 9.18 Å². The van der Waals surface area contributed by atoms with Gasteiger partial charge < -0.3 is 19.9 Å². The summed E-state index contributed by atoms with van der Waals surface area (Å²) in [6, 6.07) is 27.2. The number of aliphatic carboxylic acids is 1. The van der Waals surface area contributed by atoms with Crippen LogP contribution in [0.1, 0.15) is 29.0 Å². The minimum atomic E-state index is -1.15. The van der Waals surface area contributed by atoms with Crippen molar-refractivity contribution < 1.29 is 23.8 Å². The van der Waals surface area contributed by atoms with Crippen molar-refractivity contribution in [3.05, 3.63) is 107 Å². The Labute approximate surface area is 203 Å². The van der Waals surface area contributed by atoms with Crippen LogP contribution in [0.2, 0.25) is 0 Å². The molecule has 2 N–H and O–H groups in total. The van der Waals surface area contributed by atoms with E-state index < -0.39 is 18.4 Å². The van der Waals surface area contributed by atoms with E-state index in [4.69, 9.17) is 14.6 Å². The number of benzene rings is 4. The average Bonchev–Trinajstić information content (AvgIpc) is 2.87. The van der Waals surface area contributed by atoms with Gasteiger partial charge in [0.25, 0.3) is 0 Å². The maximum absolute atomic E-state index is 14.7. The maximum atomic E-state index is 14.7. The van der Waals surface area contributed by atoms with Gasteiger partial charge in [0, 0.05) is 24.6 Å². The lowest BCUT2D eigenvalue weighted by atomic mass is 9.84. The quantitative estimate of drug-likeness (QED) is 0.354. The molecule has 178 valence electrons. The topological polar surface area (TPSA) is 67.8 Å². The molecular formula is C29H26FNO4. The Morgan fingerprint density at radius 2 is 1.83 bits per heavy atom. The van der Waals surface area contributed by atoms with Crippen LogP contribution in [0.5, 0.6) is 11.5 Å². The Morgan fingerprint density at radius 3 is 2.69 bits per heavy atom. The lowest BCUT2D eigenvalue weighted by molar-refractivity contribution is -0.139. The van der Waals surface area contributed by atoms with Crippen molar-refractivity contribution in [2.75, 3.05) is 13.2 Å². The molecule has 2 unspecified atom stereocenters. The normalized spacial score (nSPS) is 16.9. The predicted octanol–water partition coefficient (Wildman–Crippen LogP) is 5.52. The van der Waals surface area contributed by atoms with Gasteiger partial charge >= 0.3 is 5.97 Å². The second-order valence-electron chi connectivity index (χ2n) is 8.71. The smallest absolute Gasteiger partial charge is 0.341 e. The molecule has 5 rings (SSSR count). The molecule has 0 saturated heterocycles. The van der Waals surface area contributed by atoms with Crippen LogP contribution in [0, 0.1) is 5.82 Å². The lowest BCUT2D eigenvalue weighted by Crippen LogP contribution is -2.35. The third-order valence-electron chi connectivity index (χ3n) is 6.36. The summed E-state index contributed by atoms with van der Waals surface area (Å²) in [5, 5.41) is 14.8. The minimum absolute atomic E-state index is 0.0488. The van der Waals surface area contributed by atoms with E-state index in [0.29, 0.717) is 13.0 Å². The molecule has 4 aromatic carbocycles. The Bertz CT molecular complexity index is 1350. The molecule has 0 aliphatic carbocycles. The van der Waals surface area contributed by atoms with Crippen LogP contribution < -0.4 is 14.8 Å². The van der Waals surface area contributed by atoms with Gasteiger partial charge in [0.1, 0.15) is 11.9 Å². The first kappa shape index (κ1) is 22.9. The van der Waals surface area contributed by atoms with Crippen LogP contribution >= 0.6 is 0 Å². The Morgan fingerprint density at radius 1 is 1.03 bits per heavy atom. The number of hydrogen-bond acceptors (Lipinski definition) is 4. The van der Waals surface area contributed by atoms with Gasteiger partial charge in [0.05, 0.1) is 0 Å². The summed E-state index contributed by atoms with van der Waals surface area (Å²) in [6.45, 7) is 0.787. The molecule has 0 amide bonds. The zero-order valence-corrected chi connectivity index (χ0v) is 19.1. The fourth-order valence-electron chi connectivity index (χ4n) is 4.74. The van der Waals surface area contributed by atoms with Gasteiger partial charge in [-0.15, -0.1) is 0 Å². The van der Waals surface area contributed by atoms with Crippen LogP contribution in [-0.4, -0.2) is 30.3 Å². The molecule has 5 nitrogen and oxygen atoms in total. The molecule has 1 heterocycles. The van der Waals surface area contributed by atoms with E-state index in [1.807, 2.05) is 30.3 Å². The van der Waals surface area contributed by atoms with Gasteiger partial charge in [-0.3, -0.25) is 0 Å². The number of halogens is 1. The van der Waals surface area contributed by atoms with Crippen molar-refractivity contribution >= 4 is 16.7 Å². The zero-order chi connectivity index (χ0) is 24.2. The van der Waals surface area contributed by atoms with Gasteiger partial charge in [0.2, 0.25) is 0 Å². The number of carbonyl (C=O) groups is 1. The molecule has 0 bridgehead atoms. The van der Waals surface area contributed by atoms with Gasteiger partial charge in [-0.2, -0.15) is 0 Å². The molecule has 2 atom stereocenters. The number of para-hydroxylation sites is 1. The summed E-state index contributed by atoms with van der Waals surface area (Å²) in [5.41, 5.74) is 3.05. The van der Waals surface area contributed by atoms with Gasteiger partial charge in [-0.05, 0) is 46.5 Å². The van der Waals surface area contributed by atoms with E-state index in [1.165, 1.54) is 28.5 Å². The number of rotatable bonds is 8. The monoisotopic (exact) mass is 471 g/mol. The second-order valence-corrected chi connectivity index (χ2v) is 8.71. The van der Waals surface area contributed by atoms with Crippen LogP contribution in [0.15, 0.2) is 84.9 Å². The third-order valence-corrected chi connectivity index (χ3v) is 6.36. The van der Waals surface area contributed by atoms with E-state index in [-0.39, 0.29) is 17.8 Å². The van der Waals surface area contributed by atoms with E-state index >= 15 is 0 Å². The highest BCUT2D eigenvalue weighted by Gasteiger charge is 2.29. The predicted molar refractivity (Wildman–Crippen MR) is 133 cm³/mol. The lowest BCUT2D eigenvalue weighted by Gasteiger charge is -2.33. The summed E-state index contributed by atoms with van der Waals surface area (Å²) in [4.78, 5) is 10.7. The van der Waals surface area contributed by atoms with Crippen LogP contribution in [-0.2, 0) is 11.3 Å². The first-order valence-electron chi connectivity index (χ1n) is 11.7. The van der Waals surface area contributed by atoms with Gasteiger partial charge in [-0.1, -0.05) is 66.7 Å². The van der Waals surface area contributed by atoms with Crippen LogP contribution in [0.4, 0.5) is 4.39 Å². The molecular weight excluding hydrogens is 445 g/mol. The Kier molecular flexibility index (Phi) is 6.64. The van der Waals surface area contributed by atoms with E-state index in [2.05, 4.69) is 41.7 Å². The maximum Gasteiger partial charge on any atom is 0.341 e.